The first kappa shape index (κ1) is 29.2. The first-order valence-corrected chi connectivity index (χ1v) is 13.6. The summed E-state index contributed by atoms with van der Waals surface area (Å²) in [4.78, 5) is -0.176. The molecule has 11 heteroatoms. The summed E-state index contributed by atoms with van der Waals surface area (Å²) in [5.41, 5.74) is 2.48. The average molecular weight is 534 g/mol. The van der Waals surface area contributed by atoms with Crippen molar-refractivity contribution >= 4 is 31.9 Å². The third kappa shape index (κ3) is 6.81. The van der Waals surface area contributed by atoms with Crippen molar-refractivity contribution in [1.29, 1.82) is 0 Å². The van der Waals surface area contributed by atoms with Gasteiger partial charge >= 0.3 is 29.6 Å². The van der Waals surface area contributed by atoms with Crippen LogP contribution in [0.25, 0.3) is 11.1 Å². The topological polar surface area (TPSA) is 115 Å². The largest absolute Gasteiger partial charge is 1.00 e. The van der Waals surface area contributed by atoms with Crippen LogP contribution in [0.3, 0.4) is 0 Å². The molecule has 2 aliphatic carbocycles. The molecule has 1 unspecified atom stereocenters. The maximum Gasteiger partial charge on any atom is 1.00 e. The fourth-order valence-corrected chi connectivity index (χ4v) is 5.82. The van der Waals surface area contributed by atoms with Gasteiger partial charge in [-0.25, -0.2) is 16.8 Å². The van der Waals surface area contributed by atoms with Crippen molar-refractivity contribution in [2.75, 3.05) is 13.2 Å². The molecule has 0 fully saturated rings. The predicted molar refractivity (Wildman–Crippen MR) is 126 cm³/mol. The van der Waals surface area contributed by atoms with Gasteiger partial charge in [-0.15, -0.1) is 3.82 Å². The molecule has 0 saturated heterocycles. The van der Waals surface area contributed by atoms with Crippen LogP contribution in [0.15, 0.2) is 70.5 Å². The number of rotatable bonds is 10. The standard InChI is InChI=1S/C23H26ClNO6S2.Na/c1-17(16-26)18-10-12-21-19(15-23(33(29,30)31)22(21)13-11-18)7-5-6-14-25(24)32(27,28)20-8-3-2-4-9-20;/h2-4,8-13,15,17,26H,5-7,14,16H2,1H3,(H,29,30,31);/q;+1/p-1. The van der Waals surface area contributed by atoms with Crippen LogP contribution in [0.5, 0.6) is 0 Å². The van der Waals surface area contributed by atoms with Crippen molar-refractivity contribution in [3.63, 3.8) is 0 Å². The summed E-state index contributed by atoms with van der Waals surface area (Å²) in [6.07, 6.45) is 1.41. The monoisotopic (exact) mass is 533 g/mol. The second kappa shape index (κ2) is 12.3. The molecule has 0 heterocycles. The number of halogens is 1. The number of aliphatic hydroxyl groups is 1. The molecule has 3 rings (SSSR count). The maximum atomic E-state index is 12.5. The molecule has 178 valence electrons. The van der Waals surface area contributed by atoms with Crippen molar-refractivity contribution in [2.45, 2.75) is 41.9 Å². The Bertz CT molecular complexity index is 1290. The third-order valence-electron chi connectivity index (χ3n) is 5.54. The smallest absolute Gasteiger partial charge is 0.744 e. The van der Waals surface area contributed by atoms with Crippen LogP contribution < -0.4 is 29.6 Å². The van der Waals surface area contributed by atoms with Gasteiger partial charge in [0.15, 0.2) is 0 Å². The van der Waals surface area contributed by atoms with Gasteiger partial charge in [-0.2, -0.15) is 0 Å². The SMILES string of the molecule is CC(CO)c1ccc2c(CCCCN(Cl)S(=O)(=O)c3ccccc3)cc(S(=O)(=O)[O-])c-2cc1.[Na+]. The van der Waals surface area contributed by atoms with E-state index in [0.29, 0.717) is 36.0 Å². The Morgan fingerprint density at radius 2 is 1.59 bits per heavy atom. The van der Waals surface area contributed by atoms with Crippen molar-refractivity contribution < 1.29 is 56.1 Å². The van der Waals surface area contributed by atoms with E-state index in [1.807, 2.05) is 6.92 Å². The van der Waals surface area contributed by atoms with Gasteiger partial charge in [0.25, 0.3) is 10.0 Å². The first-order chi connectivity index (χ1) is 15.6. The Hall–Kier alpha value is -1.01. The second-order valence-corrected chi connectivity index (χ2v) is 11.7. The Morgan fingerprint density at radius 1 is 0.971 bits per heavy atom. The van der Waals surface area contributed by atoms with E-state index in [1.54, 1.807) is 42.5 Å². The Balaban J connectivity index is 0.00000408. The molecule has 0 radical (unpaired) electrons. The van der Waals surface area contributed by atoms with Gasteiger partial charge in [-0.3, -0.25) is 0 Å². The minimum Gasteiger partial charge on any atom is -0.744 e. The van der Waals surface area contributed by atoms with Crippen LogP contribution in [0.1, 0.15) is 36.8 Å². The molecule has 0 aliphatic heterocycles. The molecule has 0 aromatic heterocycles. The van der Waals surface area contributed by atoms with E-state index >= 15 is 0 Å². The van der Waals surface area contributed by atoms with Gasteiger partial charge < -0.3 is 9.66 Å². The first-order valence-electron chi connectivity index (χ1n) is 10.4. The minimum absolute atomic E-state index is 0. The Kier molecular flexibility index (Phi) is 10.6. The van der Waals surface area contributed by atoms with Gasteiger partial charge in [-0.1, -0.05) is 49.4 Å². The number of aliphatic hydroxyl groups excluding tert-OH is 1. The van der Waals surface area contributed by atoms with Crippen LogP contribution in [0.2, 0.25) is 0 Å². The van der Waals surface area contributed by atoms with Gasteiger partial charge in [0.1, 0.15) is 10.1 Å². The normalized spacial score (nSPS) is 13.1. The molecular formula is C23H25ClNNaO6S2. The molecule has 0 spiro atoms. The van der Waals surface area contributed by atoms with Crippen molar-refractivity contribution in [2.24, 2.45) is 0 Å². The Labute approximate surface area is 228 Å². The van der Waals surface area contributed by atoms with Gasteiger partial charge in [0, 0.05) is 19.1 Å². The molecule has 0 saturated carbocycles. The van der Waals surface area contributed by atoms with Gasteiger partial charge in [-0.05, 0) is 71.5 Å². The van der Waals surface area contributed by atoms with E-state index in [1.165, 1.54) is 18.2 Å². The molecule has 1 aromatic rings. The minimum atomic E-state index is -4.68. The van der Waals surface area contributed by atoms with E-state index in [0.717, 1.165) is 9.39 Å². The number of sulfonamides is 1. The number of hydrogen-bond acceptors (Lipinski definition) is 6. The molecule has 1 N–H and O–H groups in total. The summed E-state index contributed by atoms with van der Waals surface area (Å²) < 4.78 is 61.2. The molecule has 0 amide bonds. The van der Waals surface area contributed by atoms with Crippen LogP contribution in [-0.2, 0) is 26.6 Å². The zero-order valence-corrected chi connectivity index (χ0v) is 23.4. The number of nitrogens with zero attached hydrogens (tertiary/aromatic N) is 1. The molecule has 0 bridgehead atoms. The van der Waals surface area contributed by atoms with E-state index in [9.17, 15) is 26.5 Å². The quantitative estimate of drug-likeness (QED) is 0.180. The van der Waals surface area contributed by atoms with Crippen LogP contribution in [0, 0.1) is 0 Å². The molecule has 1 atom stereocenters. The van der Waals surface area contributed by atoms with E-state index < -0.39 is 20.1 Å². The Morgan fingerprint density at radius 3 is 2.18 bits per heavy atom. The summed E-state index contributed by atoms with van der Waals surface area (Å²) >= 11 is 6.03. The van der Waals surface area contributed by atoms with Crippen LogP contribution in [0.4, 0.5) is 0 Å². The van der Waals surface area contributed by atoms with E-state index in [-0.39, 0.29) is 58.4 Å². The zero-order chi connectivity index (χ0) is 24.2. The molecular weight excluding hydrogens is 509 g/mol. The van der Waals surface area contributed by atoms with Crippen LogP contribution >= 0.6 is 11.8 Å². The van der Waals surface area contributed by atoms with Crippen LogP contribution in [-0.4, -0.2) is 43.5 Å². The van der Waals surface area contributed by atoms with E-state index in [4.69, 9.17) is 11.8 Å². The predicted octanol–water partition coefficient (Wildman–Crippen LogP) is 0.963. The maximum absolute atomic E-state index is 12.5. The second-order valence-electron chi connectivity index (χ2n) is 7.85. The number of fused-ring (bicyclic) bond motifs is 1. The van der Waals surface area contributed by atoms with Gasteiger partial charge in [0.05, 0.1) is 9.79 Å². The summed E-state index contributed by atoms with van der Waals surface area (Å²) in [5.74, 6) is -0.140. The zero-order valence-electron chi connectivity index (χ0n) is 19.0. The van der Waals surface area contributed by atoms with Crippen molar-refractivity contribution in [1.82, 2.24) is 3.82 Å². The van der Waals surface area contributed by atoms with Crippen molar-refractivity contribution in [3.05, 3.63) is 71.8 Å². The average Bonchev–Trinajstić information content (AvgIpc) is 3.00. The van der Waals surface area contributed by atoms with E-state index in [2.05, 4.69) is 0 Å². The molecule has 1 aromatic carbocycles. The number of aryl methyl sites for hydroxylation is 1. The number of unbranched alkanes of at least 4 members (excludes halogenated alkanes) is 1. The third-order valence-corrected chi connectivity index (χ3v) is 8.70. The number of hydrogen-bond donors (Lipinski definition) is 1. The summed E-state index contributed by atoms with van der Waals surface area (Å²) in [5, 5.41) is 9.41. The molecule has 34 heavy (non-hydrogen) atoms. The van der Waals surface area contributed by atoms with Crippen molar-refractivity contribution in [3.8, 4) is 11.1 Å². The number of benzene rings is 1. The molecule has 2 aliphatic rings. The summed E-state index contributed by atoms with van der Waals surface area (Å²) in [6.45, 7) is 1.86. The van der Waals surface area contributed by atoms with Gasteiger partial charge in [0.2, 0.25) is 0 Å². The fourth-order valence-electron chi connectivity index (χ4n) is 3.63. The summed E-state index contributed by atoms with van der Waals surface area (Å²) in [7, 11) is -8.48. The fraction of sp³-hybridized carbons (Fsp3) is 0.304. The summed E-state index contributed by atoms with van der Waals surface area (Å²) in [6, 6.07) is 16.1. The molecule has 7 nitrogen and oxygen atoms in total.